The standard InChI is InChI=1S/C14H25N3/c1-13(11-17-7-4-3-5-8-17)15-10-14-6-9-16(2)12-14/h6,9,12-13,15H,3-5,7-8,10-11H2,1-2H3. The van der Waals surface area contributed by atoms with Gasteiger partial charge >= 0.3 is 0 Å². The number of aromatic nitrogens is 1. The van der Waals surface area contributed by atoms with Crippen molar-refractivity contribution in [3.05, 3.63) is 24.0 Å². The van der Waals surface area contributed by atoms with E-state index in [1.165, 1.54) is 44.5 Å². The van der Waals surface area contributed by atoms with E-state index in [0.717, 1.165) is 6.54 Å². The molecule has 1 aliphatic rings. The van der Waals surface area contributed by atoms with Crippen molar-refractivity contribution in [2.45, 2.75) is 38.8 Å². The topological polar surface area (TPSA) is 20.2 Å². The van der Waals surface area contributed by atoms with Crippen molar-refractivity contribution < 1.29 is 0 Å². The Morgan fingerprint density at radius 3 is 2.71 bits per heavy atom. The Labute approximate surface area is 105 Å². The molecule has 1 saturated heterocycles. The van der Waals surface area contributed by atoms with Gasteiger partial charge in [0.05, 0.1) is 0 Å². The lowest BCUT2D eigenvalue weighted by atomic mass is 10.1. The monoisotopic (exact) mass is 235 g/mol. The molecular formula is C14H25N3. The van der Waals surface area contributed by atoms with Gasteiger partial charge < -0.3 is 14.8 Å². The molecule has 0 spiro atoms. The summed E-state index contributed by atoms with van der Waals surface area (Å²) in [5.74, 6) is 0. The SMILES string of the molecule is CC(CN1CCCCC1)NCc1ccn(C)c1. The van der Waals surface area contributed by atoms with Gasteiger partial charge in [0.25, 0.3) is 0 Å². The molecular weight excluding hydrogens is 210 g/mol. The average molecular weight is 235 g/mol. The number of nitrogens with one attached hydrogen (secondary N) is 1. The van der Waals surface area contributed by atoms with E-state index >= 15 is 0 Å². The molecule has 0 saturated carbocycles. The molecule has 2 heterocycles. The maximum absolute atomic E-state index is 3.60. The summed E-state index contributed by atoms with van der Waals surface area (Å²) < 4.78 is 2.10. The van der Waals surface area contributed by atoms with Crippen molar-refractivity contribution >= 4 is 0 Å². The fourth-order valence-corrected chi connectivity index (χ4v) is 2.55. The Bertz CT molecular complexity index is 326. The minimum Gasteiger partial charge on any atom is -0.357 e. The van der Waals surface area contributed by atoms with E-state index in [4.69, 9.17) is 0 Å². The summed E-state index contributed by atoms with van der Waals surface area (Å²) in [5.41, 5.74) is 1.37. The van der Waals surface area contributed by atoms with Crippen LogP contribution in [0.4, 0.5) is 0 Å². The van der Waals surface area contributed by atoms with Gasteiger partial charge in [-0.05, 0) is 44.5 Å². The summed E-state index contributed by atoms with van der Waals surface area (Å²) in [5, 5.41) is 3.60. The first kappa shape index (κ1) is 12.7. The van der Waals surface area contributed by atoms with E-state index in [1.807, 2.05) is 0 Å². The number of aryl methyl sites for hydroxylation is 1. The van der Waals surface area contributed by atoms with Gasteiger partial charge in [0.1, 0.15) is 0 Å². The highest BCUT2D eigenvalue weighted by molar-refractivity contribution is 5.09. The van der Waals surface area contributed by atoms with Gasteiger partial charge in [0, 0.05) is 38.6 Å². The Kier molecular flexibility index (Phi) is 4.63. The number of hydrogen-bond acceptors (Lipinski definition) is 2. The lowest BCUT2D eigenvalue weighted by molar-refractivity contribution is 0.209. The van der Waals surface area contributed by atoms with Crippen LogP contribution in [0.2, 0.25) is 0 Å². The Morgan fingerprint density at radius 2 is 2.06 bits per heavy atom. The van der Waals surface area contributed by atoms with Gasteiger partial charge in [0.2, 0.25) is 0 Å². The second-order valence-corrected chi connectivity index (χ2v) is 5.33. The molecule has 3 nitrogen and oxygen atoms in total. The summed E-state index contributed by atoms with van der Waals surface area (Å²) in [4.78, 5) is 2.59. The molecule has 0 aliphatic carbocycles. The van der Waals surface area contributed by atoms with Crippen molar-refractivity contribution in [2.75, 3.05) is 19.6 Å². The molecule has 0 bridgehead atoms. The van der Waals surface area contributed by atoms with Gasteiger partial charge in [-0.3, -0.25) is 0 Å². The molecule has 1 fully saturated rings. The quantitative estimate of drug-likeness (QED) is 0.842. The zero-order valence-electron chi connectivity index (χ0n) is 11.2. The van der Waals surface area contributed by atoms with Crippen LogP contribution in [0.1, 0.15) is 31.7 Å². The molecule has 3 heteroatoms. The molecule has 2 rings (SSSR count). The van der Waals surface area contributed by atoms with E-state index in [0.29, 0.717) is 6.04 Å². The third kappa shape index (κ3) is 4.17. The lowest BCUT2D eigenvalue weighted by Crippen LogP contribution is -2.41. The van der Waals surface area contributed by atoms with Crippen LogP contribution in [0.5, 0.6) is 0 Å². The van der Waals surface area contributed by atoms with Crippen LogP contribution in [0.3, 0.4) is 0 Å². The van der Waals surface area contributed by atoms with Crippen molar-refractivity contribution in [1.82, 2.24) is 14.8 Å². The first-order chi connectivity index (χ1) is 8.24. The van der Waals surface area contributed by atoms with E-state index in [2.05, 4.69) is 47.2 Å². The third-order valence-corrected chi connectivity index (χ3v) is 3.53. The van der Waals surface area contributed by atoms with Gasteiger partial charge in [-0.15, -0.1) is 0 Å². The molecule has 96 valence electrons. The fraction of sp³-hybridized carbons (Fsp3) is 0.714. The average Bonchev–Trinajstić information content (AvgIpc) is 2.74. The molecule has 1 aliphatic heterocycles. The third-order valence-electron chi connectivity index (χ3n) is 3.53. The smallest absolute Gasteiger partial charge is 0.0223 e. The minimum atomic E-state index is 0.577. The highest BCUT2D eigenvalue weighted by Gasteiger charge is 2.12. The normalized spacial score (nSPS) is 19.4. The zero-order valence-corrected chi connectivity index (χ0v) is 11.2. The van der Waals surface area contributed by atoms with Gasteiger partial charge in [0.15, 0.2) is 0 Å². The fourth-order valence-electron chi connectivity index (χ4n) is 2.55. The molecule has 17 heavy (non-hydrogen) atoms. The van der Waals surface area contributed by atoms with Crippen LogP contribution in [0, 0.1) is 0 Å². The maximum Gasteiger partial charge on any atom is 0.0223 e. The minimum absolute atomic E-state index is 0.577. The van der Waals surface area contributed by atoms with Crippen molar-refractivity contribution in [3.8, 4) is 0 Å². The summed E-state index contributed by atoms with van der Waals surface area (Å²) in [6.45, 7) is 7.04. The van der Waals surface area contributed by atoms with Crippen molar-refractivity contribution in [2.24, 2.45) is 7.05 Å². The molecule has 1 N–H and O–H groups in total. The summed E-state index contributed by atoms with van der Waals surface area (Å²) in [6, 6.07) is 2.76. The van der Waals surface area contributed by atoms with E-state index in [-0.39, 0.29) is 0 Å². The number of likely N-dealkylation sites (tertiary alicyclic amines) is 1. The molecule has 1 aromatic rings. The number of rotatable bonds is 5. The van der Waals surface area contributed by atoms with Crippen molar-refractivity contribution in [1.29, 1.82) is 0 Å². The van der Waals surface area contributed by atoms with Crippen LogP contribution in [0.25, 0.3) is 0 Å². The molecule has 1 unspecified atom stereocenters. The number of piperidine rings is 1. The largest absolute Gasteiger partial charge is 0.357 e. The van der Waals surface area contributed by atoms with E-state index in [1.54, 1.807) is 0 Å². The Balaban J connectivity index is 1.68. The van der Waals surface area contributed by atoms with Crippen LogP contribution in [0.15, 0.2) is 18.5 Å². The predicted molar refractivity (Wildman–Crippen MR) is 72.0 cm³/mol. The second-order valence-electron chi connectivity index (χ2n) is 5.33. The Hall–Kier alpha value is -0.800. The molecule has 0 amide bonds. The number of hydrogen-bond donors (Lipinski definition) is 1. The first-order valence-corrected chi connectivity index (χ1v) is 6.80. The highest BCUT2D eigenvalue weighted by Crippen LogP contribution is 2.09. The summed E-state index contributed by atoms with van der Waals surface area (Å²) >= 11 is 0. The zero-order chi connectivity index (χ0) is 12.1. The highest BCUT2D eigenvalue weighted by atomic mass is 15.1. The molecule has 1 aromatic heterocycles. The van der Waals surface area contributed by atoms with Gasteiger partial charge in [-0.2, -0.15) is 0 Å². The molecule has 0 aromatic carbocycles. The van der Waals surface area contributed by atoms with Crippen LogP contribution >= 0.6 is 0 Å². The summed E-state index contributed by atoms with van der Waals surface area (Å²) in [7, 11) is 2.07. The van der Waals surface area contributed by atoms with E-state index < -0.39 is 0 Å². The van der Waals surface area contributed by atoms with Gasteiger partial charge in [-0.25, -0.2) is 0 Å². The first-order valence-electron chi connectivity index (χ1n) is 6.80. The lowest BCUT2D eigenvalue weighted by Gasteiger charge is -2.29. The summed E-state index contributed by atoms with van der Waals surface area (Å²) in [6.07, 6.45) is 8.46. The molecule has 1 atom stereocenters. The van der Waals surface area contributed by atoms with Crippen LogP contribution in [-0.2, 0) is 13.6 Å². The maximum atomic E-state index is 3.60. The van der Waals surface area contributed by atoms with E-state index in [9.17, 15) is 0 Å². The van der Waals surface area contributed by atoms with Crippen LogP contribution in [-0.4, -0.2) is 35.1 Å². The number of nitrogens with zero attached hydrogens (tertiary/aromatic N) is 2. The van der Waals surface area contributed by atoms with Gasteiger partial charge in [-0.1, -0.05) is 6.42 Å². The van der Waals surface area contributed by atoms with Crippen molar-refractivity contribution in [3.63, 3.8) is 0 Å². The Morgan fingerprint density at radius 1 is 1.29 bits per heavy atom. The molecule has 0 radical (unpaired) electrons. The second kappa shape index (κ2) is 6.22. The predicted octanol–water partition coefficient (Wildman–Crippen LogP) is 1.99. The van der Waals surface area contributed by atoms with Crippen LogP contribution < -0.4 is 5.32 Å².